The summed E-state index contributed by atoms with van der Waals surface area (Å²) in [5, 5.41) is 10.2. The highest BCUT2D eigenvalue weighted by Gasteiger charge is 2.17. The lowest BCUT2D eigenvalue weighted by Gasteiger charge is -2.11. The molecule has 0 aliphatic rings. The number of H-pyrrole nitrogens is 1. The molecule has 5 nitrogen and oxygen atoms in total. The molecule has 2 aromatic carbocycles. The fourth-order valence-electron chi connectivity index (χ4n) is 2.68. The molecule has 3 rings (SSSR count). The van der Waals surface area contributed by atoms with Crippen LogP contribution < -0.4 is 10.3 Å². The Labute approximate surface area is 174 Å². The summed E-state index contributed by atoms with van der Waals surface area (Å²) in [6.45, 7) is 0.280. The van der Waals surface area contributed by atoms with E-state index in [-0.39, 0.29) is 17.1 Å². The monoisotopic (exact) mass is 432 g/mol. The van der Waals surface area contributed by atoms with E-state index in [0.29, 0.717) is 26.9 Å². The van der Waals surface area contributed by atoms with Crippen molar-refractivity contribution in [1.82, 2.24) is 4.98 Å². The third-order valence-electron chi connectivity index (χ3n) is 3.98. The Morgan fingerprint density at radius 2 is 1.96 bits per heavy atom. The minimum atomic E-state index is -1.52. The quantitative estimate of drug-likeness (QED) is 0.641. The minimum absolute atomic E-state index is 0.152. The molecule has 1 aromatic heterocycles. The van der Waals surface area contributed by atoms with Crippen LogP contribution in [-0.4, -0.2) is 15.4 Å². The van der Waals surface area contributed by atoms with E-state index in [1.807, 2.05) is 12.1 Å². The van der Waals surface area contributed by atoms with Gasteiger partial charge in [0.1, 0.15) is 24.0 Å². The van der Waals surface area contributed by atoms with E-state index in [4.69, 9.17) is 27.9 Å². The number of rotatable bonds is 5. The number of aromatic amines is 1. The summed E-state index contributed by atoms with van der Waals surface area (Å²) >= 11 is 11.9. The first kappa shape index (κ1) is 20.2. The highest BCUT2D eigenvalue weighted by molar-refractivity contribution is 7.84. The van der Waals surface area contributed by atoms with Crippen molar-refractivity contribution in [3.05, 3.63) is 80.2 Å². The zero-order valence-electron chi connectivity index (χ0n) is 14.7. The van der Waals surface area contributed by atoms with Crippen LogP contribution in [0.5, 0.6) is 5.75 Å². The smallest absolute Gasteiger partial charge is 0.267 e. The number of aromatic nitrogens is 1. The first-order chi connectivity index (χ1) is 13.4. The van der Waals surface area contributed by atoms with E-state index < -0.39 is 16.4 Å². The van der Waals surface area contributed by atoms with E-state index in [1.165, 1.54) is 12.5 Å². The third kappa shape index (κ3) is 4.28. The topological polar surface area (TPSA) is 83.0 Å². The van der Waals surface area contributed by atoms with Crippen molar-refractivity contribution in [2.24, 2.45) is 0 Å². The first-order valence-corrected chi connectivity index (χ1v) is 10.4. The van der Waals surface area contributed by atoms with Gasteiger partial charge in [0, 0.05) is 18.0 Å². The van der Waals surface area contributed by atoms with Gasteiger partial charge < -0.3 is 9.72 Å². The van der Waals surface area contributed by atoms with E-state index >= 15 is 0 Å². The lowest BCUT2D eigenvalue weighted by molar-refractivity contribution is 0.306. The lowest BCUT2D eigenvalue weighted by atomic mass is 10.1. The number of nitrogens with zero attached hydrogens (tertiary/aromatic N) is 1. The van der Waals surface area contributed by atoms with Gasteiger partial charge in [0.2, 0.25) is 0 Å². The second kappa shape index (κ2) is 8.61. The summed E-state index contributed by atoms with van der Waals surface area (Å²) < 4.78 is 18.0. The van der Waals surface area contributed by atoms with Crippen LogP contribution in [0.4, 0.5) is 0 Å². The van der Waals surface area contributed by atoms with Crippen molar-refractivity contribution in [2.45, 2.75) is 11.5 Å². The zero-order chi connectivity index (χ0) is 20.3. The summed E-state index contributed by atoms with van der Waals surface area (Å²) in [4.78, 5) is 14.6. The minimum Gasteiger partial charge on any atom is -0.489 e. The van der Waals surface area contributed by atoms with Crippen LogP contribution in [0.25, 0.3) is 11.1 Å². The molecular formula is C20H14Cl2N2O3S. The molecule has 0 radical (unpaired) electrons. The van der Waals surface area contributed by atoms with Gasteiger partial charge in [0.25, 0.3) is 5.56 Å². The Kier molecular flexibility index (Phi) is 6.20. The molecule has 1 atom stereocenters. The predicted molar refractivity (Wildman–Crippen MR) is 110 cm³/mol. The predicted octanol–water partition coefficient (Wildman–Crippen LogP) is 4.54. The van der Waals surface area contributed by atoms with E-state index in [9.17, 15) is 14.3 Å². The highest BCUT2D eigenvalue weighted by Crippen LogP contribution is 2.30. The van der Waals surface area contributed by atoms with Gasteiger partial charge >= 0.3 is 0 Å². The number of halogens is 2. The van der Waals surface area contributed by atoms with Gasteiger partial charge in [-0.05, 0) is 35.4 Å². The standard InChI is InChI=1S/C20H14Cl2N2O3S/c1-28(26)19-15(9-23)20(25)24-10-16(19)13-3-2-4-14(8-13)27-11-12-5-6-17(21)18(22)7-12/h2-8,10H,11H2,1H3,(H,24,25). The maximum atomic E-state index is 12.2. The molecule has 142 valence electrons. The normalized spacial score (nSPS) is 11.6. The third-order valence-corrected chi connectivity index (χ3v) is 5.72. The van der Waals surface area contributed by atoms with Crippen LogP contribution in [0.3, 0.4) is 0 Å². The Hall–Kier alpha value is -2.59. The van der Waals surface area contributed by atoms with Gasteiger partial charge in [-0.25, -0.2) is 0 Å². The van der Waals surface area contributed by atoms with Crippen molar-refractivity contribution >= 4 is 34.0 Å². The summed E-state index contributed by atoms with van der Waals surface area (Å²) in [5.74, 6) is 0.570. The number of nitriles is 1. The van der Waals surface area contributed by atoms with Gasteiger partial charge in [-0.15, -0.1) is 0 Å². The summed E-state index contributed by atoms with van der Waals surface area (Å²) in [5.41, 5.74) is 1.32. The molecule has 1 unspecified atom stereocenters. The molecule has 3 aromatic rings. The van der Waals surface area contributed by atoms with Crippen LogP contribution in [0.15, 0.2) is 58.4 Å². The van der Waals surface area contributed by atoms with Crippen molar-refractivity contribution < 1.29 is 8.95 Å². The number of hydrogen-bond donors (Lipinski definition) is 1. The number of pyridine rings is 1. The molecule has 0 fully saturated rings. The average molecular weight is 433 g/mol. The first-order valence-electron chi connectivity index (χ1n) is 8.07. The molecule has 28 heavy (non-hydrogen) atoms. The second-order valence-corrected chi connectivity index (χ2v) is 8.00. The Balaban J connectivity index is 1.94. The largest absolute Gasteiger partial charge is 0.489 e. The SMILES string of the molecule is CS(=O)c1c(-c2cccc(OCc3ccc(Cl)c(Cl)c3)c2)c[nH]c(=O)c1C#N. The van der Waals surface area contributed by atoms with Crippen molar-refractivity contribution in [2.75, 3.05) is 6.26 Å². The molecule has 8 heteroatoms. The molecule has 0 amide bonds. The average Bonchev–Trinajstić information content (AvgIpc) is 2.68. The van der Waals surface area contributed by atoms with Crippen LogP contribution in [0, 0.1) is 11.3 Å². The molecule has 1 N–H and O–H groups in total. The molecule has 0 saturated heterocycles. The van der Waals surface area contributed by atoms with Crippen LogP contribution in [0.1, 0.15) is 11.1 Å². The van der Waals surface area contributed by atoms with Crippen LogP contribution in [0.2, 0.25) is 10.0 Å². The number of ether oxygens (including phenoxy) is 1. The molecule has 1 heterocycles. The van der Waals surface area contributed by atoms with E-state index in [1.54, 1.807) is 36.4 Å². The van der Waals surface area contributed by atoms with Crippen molar-refractivity contribution in [3.63, 3.8) is 0 Å². The molecule has 0 spiro atoms. The second-order valence-electron chi connectivity index (χ2n) is 5.87. The number of benzene rings is 2. The molecule has 0 aliphatic carbocycles. The van der Waals surface area contributed by atoms with Gasteiger partial charge in [-0.1, -0.05) is 41.4 Å². The zero-order valence-corrected chi connectivity index (χ0v) is 17.0. The molecule has 0 bridgehead atoms. The van der Waals surface area contributed by atoms with E-state index in [2.05, 4.69) is 4.98 Å². The molecular weight excluding hydrogens is 419 g/mol. The Morgan fingerprint density at radius 3 is 2.64 bits per heavy atom. The maximum absolute atomic E-state index is 12.2. The van der Waals surface area contributed by atoms with Gasteiger partial charge in [0.05, 0.1) is 25.7 Å². The van der Waals surface area contributed by atoms with Crippen LogP contribution >= 0.6 is 23.2 Å². The number of hydrogen-bond acceptors (Lipinski definition) is 4. The van der Waals surface area contributed by atoms with Crippen molar-refractivity contribution in [1.29, 1.82) is 5.26 Å². The highest BCUT2D eigenvalue weighted by atomic mass is 35.5. The molecule has 0 saturated carbocycles. The Morgan fingerprint density at radius 1 is 1.18 bits per heavy atom. The van der Waals surface area contributed by atoms with Gasteiger partial charge in [-0.3, -0.25) is 9.00 Å². The van der Waals surface area contributed by atoms with Crippen LogP contribution in [-0.2, 0) is 17.4 Å². The van der Waals surface area contributed by atoms with Gasteiger partial charge in [0.15, 0.2) is 0 Å². The summed E-state index contributed by atoms with van der Waals surface area (Å²) in [7, 11) is -1.52. The van der Waals surface area contributed by atoms with Crippen molar-refractivity contribution in [3.8, 4) is 22.9 Å². The fourth-order valence-corrected chi connectivity index (χ4v) is 3.91. The van der Waals surface area contributed by atoms with E-state index in [0.717, 1.165) is 5.56 Å². The Bertz CT molecular complexity index is 1170. The maximum Gasteiger partial charge on any atom is 0.267 e. The lowest BCUT2D eigenvalue weighted by Crippen LogP contribution is -2.14. The van der Waals surface area contributed by atoms with Gasteiger partial charge in [-0.2, -0.15) is 5.26 Å². The fraction of sp³-hybridized carbons (Fsp3) is 0.100. The molecule has 0 aliphatic heterocycles. The summed E-state index contributed by atoms with van der Waals surface area (Å²) in [6, 6.07) is 14.2. The summed E-state index contributed by atoms with van der Waals surface area (Å²) in [6.07, 6.45) is 2.89. The number of nitrogens with one attached hydrogen (secondary N) is 1.